The van der Waals surface area contributed by atoms with Crippen LogP contribution in [0.3, 0.4) is 0 Å². The fraction of sp³-hybridized carbons (Fsp3) is 0.850. The third-order valence-corrected chi connectivity index (χ3v) is 6.16. The van der Waals surface area contributed by atoms with Crippen molar-refractivity contribution < 1.29 is 29.0 Å². The molecule has 1 saturated carbocycles. The average Bonchev–Trinajstić information content (AvgIpc) is 2.65. The molecule has 0 aromatic carbocycles. The van der Waals surface area contributed by atoms with E-state index in [0.29, 0.717) is 38.3 Å². The minimum atomic E-state index is -0.911. The molecule has 2 amide bonds. The van der Waals surface area contributed by atoms with Crippen molar-refractivity contribution in [3.05, 3.63) is 0 Å². The maximum Gasteiger partial charge on any atom is 0.417 e. The molecule has 0 radical (unpaired) electrons. The van der Waals surface area contributed by atoms with Gasteiger partial charge in [0.15, 0.2) is 0 Å². The first-order chi connectivity index (χ1) is 13.6. The third-order valence-electron chi connectivity index (χ3n) is 5.20. The zero-order valence-electron chi connectivity index (χ0n) is 17.6. The van der Waals surface area contributed by atoms with Gasteiger partial charge in [-0.25, -0.2) is 9.59 Å². The van der Waals surface area contributed by atoms with Crippen LogP contribution in [0.15, 0.2) is 0 Å². The molecule has 0 aromatic heterocycles. The second kappa shape index (κ2) is 10.9. The van der Waals surface area contributed by atoms with E-state index in [4.69, 9.17) is 9.47 Å². The van der Waals surface area contributed by atoms with Gasteiger partial charge in [-0.15, -0.1) is 0 Å². The highest BCUT2D eigenvalue weighted by Gasteiger charge is 2.29. The van der Waals surface area contributed by atoms with Crippen molar-refractivity contribution in [2.45, 2.75) is 89.1 Å². The number of aliphatic carboxylic acids is 1. The number of nitrogens with zero attached hydrogens (tertiary/aromatic N) is 1. The van der Waals surface area contributed by atoms with Crippen molar-refractivity contribution >= 4 is 30.1 Å². The van der Waals surface area contributed by atoms with Gasteiger partial charge in [0.25, 0.3) is 0 Å². The van der Waals surface area contributed by atoms with Crippen molar-refractivity contribution in [2.75, 3.05) is 13.1 Å². The van der Waals surface area contributed by atoms with E-state index >= 15 is 0 Å². The van der Waals surface area contributed by atoms with Crippen LogP contribution in [-0.2, 0) is 14.3 Å². The predicted molar refractivity (Wildman–Crippen MR) is 111 cm³/mol. The van der Waals surface area contributed by atoms with Crippen molar-refractivity contribution in [2.24, 2.45) is 5.92 Å². The second-order valence-corrected chi connectivity index (χ2v) is 9.87. The van der Waals surface area contributed by atoms with Crippen LogP contribution < -0.4 is 4.72 Å². The van der Waals surface area contributed by atoms with Gasteiger partial charge in [-0.2, -0.15) is 0 Å². The molecule has 2 fully saturated rings. The number of amides is 2. The fourth-order valence-electron chi connectivity index (χ4n) is 3.70. The van der Waals surface area contributed by atoms with Crippen LogP contribution in [0.1, 0.15) is 72.1 Å². The largest absolute Gasteiger partial charge is 0.480 e. The van der Waals surface area contributed by atoms with E-state index in [1.165, 1.54) is 6.42 Å². The van der Waals surface area contributed by atoms with Gasteiger partial charge in [-0.3, -0.25) is 9.52 Å². The molecule has 2 N–H and O–H groups in total. The van der Waals surface area contributed by atoms with Crippen molar-refractivity contribution in [1.29, 1.82) is 0 Å². The van der Waals surface area contributed by atoms with Crippen LogP contribution in [0.2, 0.25) is 0 Å². The number of piperidine rings is 1. The monoisotopic (exact) mass is 430 g/mol. The van der Waals surface area contributed by atoms with Crippen LogP contribution >= 0.6 is 11.9 Å². The molecule has 0 spiro atoms. The highest BCUT2D eigenvalue weighted by molar-refractivity contribution is 7.99. The standard InChI is InChI=1S/C20H34N2O6S/c1-20(2,3)28-19(26)22-11-9-15(10-12-22)27-18(25)21-29-16(17(23)24)13-14-7-5-4-6-8-14/h14-16H,4-13H2,1-3H3,(H,21,25)(H,23,24)/t16-/m0/s1. The van der Waals surface area contributed by atoms with Crippen molar-refractivity contribution in [1.82, 2.24) is 9.62 Å². The molecule has 2 rings (SSSR count). The number of rotatable bonds is 6. The first kappa shape index (κ1) is 23.6. The van der Waals surface area contributed by atoms with Crippen molar-refractivity contribution in [3.63, 3.8) is 0 Å². The number of hydrogen-bond acceptors (Lipinski definition) is 6. The minimum absolute atomic E-state index is 0.295. The Morgan fingerprint density at radius 1 is 1.10 bits per heavy atom. The van der Waals surface area contributed by atoms with Crippen molar-refractivity contribution in [3.8, 4) is 0 Å². The summed E-state index contributed by atoms with van der Waals surface area (Å²) in [5, 5.41) is 8.77. The third kappa shape index (κ3) is 8.72. The summed E-state index contributed by atoms with van der Waals surface area (Å²) in [5.74, 6) is -0.501. The molecule has 1 atom stereocenters. The number of carboxylic acids is 1. The SMILES string of the molecule is CC(C)(C)OC(=O)N1CCC(OC(=O)NS[C@@H](CC2CCCCC2)C(=O)O)CC1. The normalized spacial score (nSPS) is 20.0. The number of carboxylic acid groups (broad SMARTS) is 1. The zero-order valence-corrected chi connectivity index (χ0v) is 18.5. The molecule has 0 aromatic rings. The summed E-state index contributed by atoms with van der Waals surface area (Å²) in [5.41, 5.74) is -0.542. The maximum atomic E-state index is 12.1. The lowest BCUT2D eigenvalue weighted by atomic mass is 9.86. The molecule has 1 aliphatic heterocycles. The zero-order chi connectivity index (χ0) is 21.4. The lowest BCUT2D eigenvalue weighted by Gasteiger charge is -2.33. The number of hydrogen-bond donors (Lipinski definition) is 2. The van der Waals surface area contributed by atoms with E-state index in [0.717, 1.165) is 37.6 Å². The highest BCUT2D eigenvalue weighted by atomic mass is 32.2. The van der Waals surface area contributed by atoms with Gasteiger partial charge < -0.3 is 19.5 Å². The summed E-state index contributed by atoms with van der Waals surface area (Å²) in [6.07, 6.45) is 5.99. The van der Waals surface area contributed by atoms with Crippen LogP contribution in [0.5, 0.6) is 0 Å². The van der Waals surface area contributed by atoms with Gasteiger partial charge in [0, 0.05) is 25.9 Å². The summed E-state index contributed by atoms with van der Waals surface area (Å²) in [6, 6.07) is 0. The van der Waals surface area contributed by atoms with Crippen LogP contribution in [0, 0.1) is 5.92 Å². The lowest BCUT2D eigenvalue weighted by molar-refractivity contribution is -0.136. The summed E-state index contributed by atoms with van der Waals surface area (Å²) in [7, 11) is 0. The summed E-state index contributed by atoms with van der Waals surface area (Å²) in [6.45, 7) is 6.38. The van der Waals surface area contributed by atoms with E-state index in [1.54, 1.807) is 4.90 Å². The molecular formula is C20H34N2O6S. The molecule has 8 nitrogen and oxygen atoms in total. The molecule has 0 bridgehead atoms. The Kier molecular flexibility index (Phi) is 8.92. The van der Waals surface area contributed by atoms with Gasteiger partial charge in [0.05, 0.1) is 0 Å². The first-order valence-corrected chi connectivity index (χ1v) is 11.3. The van der Waals surface area contributed by atoms with E-state index in [9.17, 15) is 19.5 Å². The Bertz CT molecular complexity index is 566. The molecule has 0 unspecified atom stereocenters. The Labute approximate surface area is 177 Å². The first-order valence-electron chi connectivity index (χ1n) is 10.5. The lowest BCUT2D eigenvalue weighted by Crippen LogP contribution is -2.44. The molecule has 9 heteroatoms. The van der Waals surface area contributed by atoms with Crippen LogP contribution in [0.25, 0.3) is 0 Å². The molecule has 166 valence electrons. The summed E-state index contributed by atoms with van der Waals surface area (Å²) >= 11 is 0.923. The van der Waals surface area contributed by atoms with E-state index in [1.807, 2.05) is 20.8 Å². The Morgan fingerprint density at radius 2 is 1.72 bits per heavy atom. The van der Waals surface area contributed by atoms with Gasteiger partial charge in [0.2, 0.25) is 0 Å². The minimum Gasteiger partial charge on any atom is -0.480 e. The van der Waals surface area contributed by atoms with Crippen LogP contribution in [0.4, 0.5) is 9.59 Å². The Balaban J connectivity index is 1.69. The van der Waals surface area contributed by atoms with E-state index < -0.39 is 22.9 Å². The highest BCUT2D eigenvalue weighted by Crippen LogP contribution is 2.30. The smallest absolute Gasteiger partial charge is 0.417 e. The molecule has 1 saturated heterocycles. The molecule has 2 aliphatic rings. The Morgan fingerprint density at radius 3 is 2.28 bits per heavy atom. The summed E-state index contributed by atoms with van der Waals surface area (Å²) < 4.78 is 13.3. The Hall–Kier alpha value is -1.64. The number of ether oxygens (including phenoxy) is 2. The van der Waals surface area contributed by atoms with Gasteiger partial charge in [0.1, 0.15) is 17.0 Å². The van der Waals surface area contributed by atoms with Gasteiger partial charge >= 0.3 is 18.2 Å². The van der Waals surface area contributed by atoms with E-state index in [2.05, 4.69) is 4.72 Å². The fourth-order valence-corrected chi connectivity index (χ4v) is 4.46. The molecule has 29 heavy (non-hydrogen) atoms. The quantitative estimate of drug-likeness (QED) is 0.609. The number of nitrogens with one attached hydrogen (secondary N) is 1. The van der Waals surface area contributed by atoms with Gasteiger partial charge in [-0.1, -0.05) is 32.1 Å². The van der Waals surface area contributed by atoms with Gasteiger partial charge in [-0.05, 0) is 45.1 Å². The topological polar surface area (TPSA) is 105 Å². The maximum absolute atomic E-state index is 12.1. The predicted octanol–water partition coefficient (Wildman–Crippen LogP) is 4.18. The number of carbonyl (C=O) groups excluding carboxylic acids is 2. The second-order valence-electron chi connectivity index (χ2n) is 8.86. The molecular weight excluding hydrogens is 396 g/mol. The molecule has 1 aliphatic carbocycles. The van der Waals surface area contributed by atoms with Crippen LogP contribution in [-0.4, -0.2) is 58.2 Å². The number of carbonyl (C=O) groups is 3. The summed E-state index contributed by atoms with van der Waals surface area (Å²) in [4.78, 5) is 37.3. The number of likely N-dealkylation sites (tertiary alicyclic amines) is 1. The van der Waals surface area contributed by atoms with E-state index in [-0.39, 0.29) is 12.2 Å². The average molecular weight is 431 g/mol. The molecule has 1 heterocycles.